The maximum atomic E-state index is 5.10. The van der Waals surface area contributed by atoms with Gasteiger partial charge in [-0.2, -0.15) is 0 Å². The van der Waals surface area contributed by atoms with E-state index in [2.05, 4.69) is 170 Å². The Bertz CT molecular complexity index is 2700. The Hall–Kier alpha value is -7.16. The van der Waals surface area contributed by atoms with Crippen LogP contribution >= 0.6 is 0 Å². The average molecular weight is 717 g/mol. The zero-order chi connectivity index (χ0) is 37.9. The van der Waals surface area contributed by atoms with Crippen LogP contribution in [0.4, 0.5) is 0 Å². The van der Waals surface area contributed by atoms with Crippen LogP contribution in [-0.2, 0) is 5.41 Å². The van der Waals surface area contributed by atoms with E-state index in [1.54, 1.807) is 0 Å². The monoisotopic (exact) mass is 716 g/mol. The van der Waals surface area contributed by atoms with Gasteiger partial charge in [-0.1, -0.05) is 195 Å². The first-order valence-corrected chi connectivity index (χ1v) is 19.1. The third kappa shape index (κ3) is 6.22. The molecule has 8 aromatic rings. The van der Waals surface area contributed by atoms with Crippen LogP contribution in [-0.4, -0.2) is 9.97 Å². The first-order valence-electron chi connectivity index (χ1n) is 19.1. The van der Waals surface area contributed by atoms with Crippen molar-refractivity contribution in [2.45, 2.75) is 12.3 Å². The molecule has 1 aliphatic rings. The zero-order valence-corrected chi connectivity index (χ0v) is 31.3. The average Bonchev–Trinajstić information content (AvgIpc) is 3.58. The summed E-state index contributed by atoms with van der Waals surface area (Å²) < 4.78 is 0. The Morgan fingerprint density at radius 3 is 1.64 bits per heavy atom. The van der Waals surface area contributed by atoms with E-state index in [4.69, 9.17) is 16.5 Å². The predicted octanol–water partition coefficient (Wildman–Crippen LogP) is 13.8. The van der Waals surface area contributed by atoms with Gasteiger partial charge in [-0.3, -0.25) is 0 Å². The van der Waals surface area contributed by atoms with E-state index in [-0.39, 0.29) is 0 Å². The highest BCUT2D eigenvalue weighted by molar-refractivity contribution is 5.89. The summed E-state index contributed by atoms with van der Waals surface area (Å²) in [5.74, 6) is 0.708. The molecule has 0 saturated heterocycles. The fourth-order valence-corrected chi connectivity index (χ4v) is 8.20. The Morgan fingerprint density at radius 2 is 0.964 bits per heavy atom. The van der Waals surface area contributed by atoms with E-state index in [1.807, 2.05) is 49.4 Å². The molecule has 0 radical (unpaired) electrons. The molecule has 9 rings (SSSR count). The Labute approximate surface area is 329 Å². The summed E-state index contributed by atoms with van der Waals surface area (Å²) >= 11 is 0. The summed E-state index contributed by atoms with van der Waals surface area (Å²) in [6.45, 7) is 6.80. The van der Waals surface area contributed by atoms with E-state index in [0.29, 0.717) is 5.82 Å². The van der Waals surface area contributed by atoms with E-state index in [0.717, 1.165) is 55.9 Å². The number of fused-ring (bicyclic) bond motifs is 3. The van der Waals surface area contributed by atoms with Crippen LogP contribution in [0, 0.1) is 0 Å². The number of hydrogen-bond acceptors (Lipinski definition) is 2. The Balaban J connectivity index is 1.14. The minimum atomic E-state index is -0.540. The molecule has 0 N–H and O–H groups in total. The second-order valence-corrected chi connectivity index (χ2v) is 14.2. The van der Waals surface area contributed by atoms with Crippen LogP contribution in [0.1, 0.15) is 23.6 Å². The van der Waals surface area contributed by atoms with E-state index >= 15 is 0 Å². The van der Waals surface area contributed by atoms with Gasteiger partial charge in [0.2, 0.25) is 0 Å². The van der Waals surface area contributed by atoms with Crippen LogP contribution in [0.5, 0.6) is 0 Å². The van der Waals surface area contributed by atoms with Crippen molar-refractivity contribution in [3.8, 4) is 67.3 Å². The molecule has 0 amide bonds. The lowest BCUT2D eigenvalue weighted by atomic mass is 9.67. The minimum Gasteiger partial charge on any atom is -0.228 e. The van der Waals surface area contributed by atoms with Gasteiger partial charge in [0.15, 0.2) is 5.82 Å². The first-order chi connectivity index (χ1) is 27.6. The summed E-state index contributed by atoms with van der Waals surface area (Å²) in [6, 6.07) is 66.8. The maximum absolute atomic E-state index is 5.10. The number of aromatic nitrogens is 2. The molecule has 2 nitrogen and oxygen atoms in total. The third-order valence-corrected chi connectivity index (χ3v) is 10.8. The van der Waals surface area contributed by atoms with Crippen molar-refractivity contribution in [1.82, 2.24) is 9.97 Å². The molecule has 0 bridgehead atoms. The molecule has 1 heterocycles. The van der Waals surface area contributed by atoms with Gasteiger partial charge >= 0.3 is 0 Å². The molecule has 1 atom stereocenters. The van der Waals surface area contributed by atoms with Crippen LogP contribution < -0.4 is 0 Å². The Kier molecular flexibility index (Phi) is 9.23. The summed E-state index contributed by atoms with van der Waals surface area (Å²) in [4.78, 5) is 10.1. The standard InChI is InChI=1S/C54H40N2/c1-3-4-8-19-38(2)54(46-28-13-7-14-29-46)49-31-16-15-30-47(49)48-33-32-44(36-50(48)54)42-25-17-24-41(34-42)43-26-18-27-45(35-43)52-37-51(39-20-9-5-10-21-39)55-53(56-52)40-22-11-6-12-23-40/h3-37H,2H2,1H3/b4-3-,19-8-. The van der Waals surface area contributed by atoms with Crippen LogP contribution in [0.3, 0.4) is 0 Å². The van der Waals surface area contributed by atoms with Gasteiger partial charge in [0.1, 0.15) is 0 Å². The van der Waals surface area contributed by atoms with E-state index < -0.39 is 5.41 Å². The molecule has 1 aromatic heterocycles. The fourth-order valence-electron chi connectivity index (χ4n) is 8.20. The highest BCUT2D eigenvalue weighted by atomic mass is 14.9. The number of allylic oxidation sites excluding steroid dienone is 5. The lowest BCUT2D eigenvalue weighted by Gasteiger charge is -2.34. The van der Waals surface area contributed by atoms with Gasteiger partial charge in [0, 0.05) is 16.7 Å². The summed E-state index contributed by atoms with van der Waals surface area (Å²) in [7, 11) is 0. The van der Waals surface area contributed by atoms with Gasteiger partial charge in [-0.15, -0.1) is 0 Å². The van der Waals surface area contributed by atoms with Crippen molar-refractivity contribution in [3.63, 3.8) is 0 Å². The quantitative estimate of drug-likeness (QED) is 0.139. The molecule has 266 valence electrons. The third-order valence-electron chi connectivity index (χ3n) is 10.8. The topological polar surface area (TPSA) is 25.8 Å². The zero-order valence-electron chi connectivity index (χ0n) is 31.3. The fraction of sp³-hybridized carbons (Fsp3) is 0.0370. The van der Waals surface area contributed by atoms with E-state index in [9.17, 15) is 0 Å². The number of benzene rings is 7. The number of rotatable bonds is 9. The van der Waals surface area contributed by atoms with Gasteiger partial charge < -0.3 is 0 Å². The lowest BCUT2D eigenvalue weighted by Crippen LogP contribution is -2.28. The summed E-state index contributed by atoms with van der Waals surface area (Å²) in [5.41, 5.74) is 16.1. The number of nitrogens with zero attached hydrogens (tertiary/aromatic N) is 2. The largest absolute Gasteiger partial charge is 0.228 e. The minimum absolute atomic E-state index is 0.540. The van der Waals surface area contributed by atoms with Crippen molar-refractivity contribution >= 4 is 0 Å². The maximum Gasteiger partial charge on any atom is 0.160 e. The second-order valence-electron chi connectivity index (χ2n) is 14.2. The van der Waals surface area contributed by atoms with Crippen molar-refractivity contribution in [2.75, 3.05) is 0 Å². The molecule has 1 aliphatic carbocycles. The van der Waals surface area contributed by atoms with Crippen LogP contribution in [0.2, 0.25) is 0 Å². The SMILES string of the molecule is C=C(/C=C\C=C/C)C1(c2ccccc2)c2ccccc2-c2ccc(-c3cccc(-c4cccc(-c5cc(-c6ccccc6)nc(-c6ccccc6)n5)c4)c3)cc21. The summed E-state index contributed by atoms with van der Waals surface area (Å²) in [5, 5.41) is 0. The lowest BCUT2D eigenvalue weighted by molar-refractivity contribution is 0.770. The van der Waals surface area contributed by atoms with Crippen LogP contribution in [0.15, 0.2) is 225 Å². The molecule has 0 saturated carbocycles. The second kappa shape index (κ2) is 14.9. The van der Waals surface area contributed by atoms with Crippen molar-refractivity contribution < 1.29 is 0 Å². The molecule has 2 heteroatoms. The van der Waals surface area contributed by atoms with Gasteiger partial charge in [0.25, 0.3) is 0 Å². The molecule has 1 unspecified atom stereocenters. The van der Waals surface area contributed by atoms with Crippen molar-refractivity contribution in [3.05, 3.63) is 241 Å². The number of hydrogen-bond donors (Lipinski definition) is 0. The smallest absolute Gasteiger partial charge is 0.160 e. The highest BCUT2D eigenvalue weighted by Crippen LogP contribution is 2.57. The first kappa shape index (κ1) is 34.6. The molecular weight excluding hydrogens is 677 g/mol. The van der Waals surface area contributed by atoms with Gasteiger partial charge in [-0.05, 0) is 86.8 Å². The predicted molar refractivity (Wildman–Crippen MR) is 234 cm³/mol. The van der Waals surface area contributed by atoms with Crippen molar-refractivity contribution in [2.24, 2.45) is 0 Å². The normalized spacial score (nSPS) is 14.5. The molecule has 56 heavy (non-hydrogen) atoms. The van der Waals surface area contributed by atoms with Gasteiger partial charge in [0.05, 0.1) is 16.8 Å². The van der Waals surface area contributed by atoms with Crippen LogP contribution in [0.25, 0.3) is 67.3 Å². The van der Waals surface area contributed by atoms with Gasteiger partial charge in [-0.25, -0.2) is 9.97 Å². The summed E-state index contributed by atoms with van der Waals surface area (Å²) in [6.07, 6.45) is 8.38. The molecule has 7 aromatic carbocycles. The molecule has 0 aliphatic heterocycles. The molecule has 0 fully saturated rings. The Morgan fingerprint density at radius 1 is 0.446 bits per heavy atom. The molecule has 0 spiro atoms. The van der Waals surface area contributed by atoms with E-state index in [1.165, 1.54) is 27.8 Å². The highest BCUT2D eigenvalue weighted by Gasteiger charge is 2.46. The molecular formula is C54H40N2. The van der Waals surface area contributed by atoms with Crippen molar-refractivity contribution in [1.29, 1.82) is 0 Å².